The van der Waals surface area contributed by atoms with Crippen LogP contribution < -0.4 is 11.1 Å². The van der Waals surface area contributed by atoms with Crippen LogP contribution in [0.1, 0.15) is 45.4 Å². The Balaban J connectivity index is 1.39. The second kappa shape index (κ2) is 8.67. The van der Waals surface area contributed by atoms with Crippen molar-refractivity contribution in [3.05, 3.63) is 0 Å². The van der Waals surface area contributed by atoms with Crippen LogP contribution in [0.4, 0.5) is 0 Å². The van der Waals surface area contributed by atoms with Gasteiger partial charge >= 0.3 is 0 Å². The van der Waals surface area contributed by atoms with Gasteiger partial charge in [-0.05, 0) is 44.4 Å². The predicted molar refractivity (Wildman–Crippen MR) is 99.6 cm³/mol. The monoisotopic (exact) mass is 366 g/mol. The zero-order valence-electron chi connectivity index (χ0n) is 16.0. The lowest BCUT2D eigenvalue weighted by Gasteiger charge is -2.40. The second-order valence-corrected chi connectivity index (χ2v) is 8.36. The van der Waals surface area contributed by atoms with Gasteiger partial charge in [0.25, 0.3) is 0 Å². The Morgan fingerprint density at radius 3 is 2.31 bits per heavy atom. The number of carbonyl (C=O) groups excluding carboxylic acids is 2. The molecule has 3 rings (SSSR count). The molecule has 1 aliphatic carbocycles. The Morgan fingerprint density at radius 1 is 1.08 bits per heavy atom. The Hall–Kier alpha value is -1.18. The lowest BCUT2D eigenvalue weighted by Crippen LogP contribution is -2.61. The van der Waals surface area contributed by atoms with E-state index in [1.54, 1.807) is 0 Å². The molecule has 0 aromatic carbocycles. The van der Waals surface area contributed by atoms with Crippen molar-refractivity contribution in [3.8, 4) is 0 Å². The standard InChI is InChI=1S/C19H34N4O3/c1-15-2-4-16(5-3-15)21-17(24)14-22-8-10-23(11-9-22)18(25)19(20)6-12-26-13-7-19/h15-16H,2-14,20H2,1H3,(H,21,24). The number of nitrogens with two attached hydrogens (primary N) is 1. The molecule has 148 valence electrons. The molecule has 0 unspecified atom stereocenters. The molecule has 0 spiro atoms. The number of ether oxygens (including phenoxy) is 1. The molecule has 7 nitrogen and oxygen atoms in total. The van der Waals surface area contributed by atoms with E-state index < -0.39 is 5.54 Å². The molecule has 0 aromatic heterocycles. The molecule has 1 saturated carbocycles. The largest absolute Gasteiger partial charge is 0.381 e. The average Bonchev–Trinajstić information content (AvgIpc) is 2.64. The number of rotatable bonds is 4. The van der Waals surface area contributed by atoms with Gasteiger partial charge in [0.05, 0.1) is 12.1 Å². The van der Waals surface area contributed by atoms with Crippen molar-refractivity contribution in [1.82, 2.24) is 15.1 Å². The molecule has 26 heavy (non-hydrogen) atoms. The van der Waals surface area contributed by atoms with Crippen molar-refractivity contribution < 1.29 is 14.3 Å². The Bertz CT molecular complexity index is 491. The summed E-state index contributed by atoms with van der Waals surface area (Å²) in [4.78, 5) is 29.0. The van der Waals surface area contributed by atoms with Gasteiger partial charge in [0.15, 0.2) is 0 Å². The van der Waals surface area contributed by atoms with E-state index in [2.05, 4.69) is 17.1 Å². The number of hydrogen-bond acceptors (Lipinski definition) is 5. The summed E-state index contributed by atoms with van der Waals surface area (Å²) in [6.07, 6.45) is 5.78. The minimum absolute atomic E-state index is 0.0428. The van der Waals surface area contributed by atoms with Crippen molar-refractivity contribution in [3.63, 3.8) is 0 Å². The highest BCUT2D eigenvalue weighted by molar-refractivity contribution is 5.86. The lowest BCUT2D eigenvalue weighted by atomic mass is 9.87. The summed E-state index contributed by atoms with van der Waals surface area (Å²) in [6, 6.07) is 0.340. The van der Waals surface area contributed by atoms with E-state index >= 15 is 0 Å². The highest BCUT2D eigenvalue weighted by Gasteiger charge is 2.39. The van der Waals surface area contributed by atoms with Crippen LogP contribution in [0.2, 0.25) is 0 Å². The molecule has 3 aliphatic rings. The summed E-state index contributed by atoms with van der Waals surface area (Å²) in [5, 5.41) is 3.18. The first-order valence-electron chi connectivity index (χ1n) is 10.1. The summed E-state index contributed by atoms with van der Waals surface area (Å²) >= 11 is 0. The molecule has 2 amide bonds. The smallest absolute Gasteiger partial charge is 0.242 e. The molecule has 2 saturated heterocycles. The van der Waals surface area contributed by atoms with E-state index in [0.29, 0.717) is 51.7 Å². The number of nitrogens with one attached hydrogen (secondary N) is 1. The Labute approximate surface area is 156 Å². The summed E-state index contributed by atoms with van der Waals surface area (Å²) in [6.45, 7) is 6.57. The van der Waals surface area contributed by atoms with E-state index in [4.69, 9.17) is 10.5 Å². The third-order valence-corrected chi connectivity index (χ3v) is 6.22. The van der Waals surface area contributed by atoms with Gasteiger partial charge in [-0.25, -0.2) is 0 Å². The van der Waals surface area contributed by atoms with Crippen LogP contribution in [0.25, 0.3) is 0 Å². The molecule has 0 bridgehead atoms. The summed E-state index contributed by atoms with van der Waals surface area (Å²) < 4.78 is 5.33. The minimum Gasteiger partial charge on any atom is -0.381 e. The fourth-order valence-corrected chi connectivity index (χ4v) is 4.25. The van der Waals surface area contributed by atoms with Gasteiger partial charge < -0.3 is 20.7 Å². The van der Waals surface area contributed by atoms with Crippen LogP contribution in [0, 0.1) is 5.92 Å². The highest BCUT2D eigenvalue weighted by Crippen LogP contribution is 2.23. The maximum atomic E-state index is 12.7. The molecule has 3 N–H and O–H groups in total. The van der Waals surface area contributed by atoms with Gasteiger partial charge in [0, 0.05) is 45.4 Å². The van der Waals surface area contributed by atoms with Crippen LogP contribution >= 0.6 is 0 Å². The van der Waals surface area contributed by atoms with Gasteiger partial charge in [-0.3, -0.25) is 14.5 Å². The number of piperazine rings is 1. The number of carbonyl (C=O) groups is 2. The third kappa shape index (κ3) is 4.96. The molecule has 0 aromatic rings. The zero-order chi connectivity index (χ0) is 18.6. The van der Waals surface area contributed by atoms with Crippen molar-refractivity contribution in [2.24, 2.45) is 11.7 Å². The Morgan fingerprint density at radius 2 is 1.69 bits per heavy atom. The molecule has 0 radical (unpaired) electrons. The van der Waals surface area contributed by atoms with Crippen LogP contribution in [0.15, 0.2) is 0 Å². The summed E-state index contributed by atoms with van der Waals surface area (Å²) in [5.74, 6) is 0.945. The molecule has 7 heteroatoms. The summed E-state index contributed by atoms with van der Waals surface area (Å²) in [5.41, 5.74) is 5.55. The molecule has 2 heterocycles. The maximum Gasteiger partial charge on any atom is 0.242 e. The van der Waals surface area contributed by atoms with Crippen LogP contribution in [0.5, 0.6) is 0 Å². The molecular formula is C19H34N4O3. The first-order valence-corrected chi connectivity index (χ1v) is 10.1. The van der Waals surface area contributed by atoms with Gasteiger partial charge in [-0.15, -0.1) is 0 Å². The first kappa shape index (κ1) is 19.6. The van der Waals surface area contributed by atoms with Gasteiger partial charge in [-0.1, -0.05) is 6.92 Å². The van der Waals surface area contributed by atoms with Crippen LogP contribution in [0.3, 0.4) is 0 Å². The van der Waals surface area contributed by atoms with Gasteiger partial charge in [0.1, 0.15) is 0 Å². The van der Waals surface area contributed by atoms with Crippen LogP contribution in [-0.4, -0.2) is 79.1 Å². The lowest BCUT2D eigenvalue weighted by molar-refractivity contribution is -0.142. The van der Waals surface area contributed by atoms with Gasteiger partial charge in [-0.2, -0.15) is 0 Å². The first-order chi connectivity index (χ1) is 12.5. The number of nitrogens with zero attached hydrogens (tertiary/aromatic N) is 2. The third-order valence-electron chi connectivity index (χ3n) is 6.22. The fraction of sp³-hybridized carbons (Fsp3) is 0.895. The molecule has 0 atom stereocenters. The Kier molecular flexibility index (Phi) is 6.53. The van der Waals surface area contributed by atoms with E-state index in [9.17, 15) is 9.59 Å². The van der Waals surface area contributed by atoms with E-state index in [0.717, 1.165) is 31.8 Å². The van der Waals surface area contributed by atoms with E-state index in [1.165, 1.54) is 12.8 Å². The molecule has 2 aliphatic heterocycles. The van der Waals surface area contributed by atoms with Crippen molar-refractivity contribution in [2.75, 3.05) is 45.9 Å². The number of hydrogen-bond donors (Lipinski definition) is 2. The van der Waals surface area contributed by atoms with Crippen molar-refractivity contribution >= 4 is 11.8 Å². The SMILES string of the molecule is CC1CCC(NC(=O)CN2CCN(C(=O)C3(N)CCOCC3)CC2)CC1. The number of amides is 2. The normalized spacial score (nSPS) is 30.0. The van der Waals surface area contributed by atoms with Crippen molar-refractivity contribution in [2.45, 2.75) is 57.0 Å². The highest BCUT2D eigenvalue weighted by atomic mass is 16.5. The molecule has 3 fully saturated rings. The minimum atomic E-state index is -0.768. The van der Waals surface area contributed by atoms with E-state index in [-0.39, 0.29) is 11.8 Å². The maximum absolute atomic E-state index is 12.7. The topological polar surface area (TPSA) is 87.9 Å². The van der Waals surface area contributed by atoms with E-state index in [1.807, 2.05) is 4.90 Å². The predicted octanol–water partition coefficient (Wildman–Crippen LogP) is 0.333. The average molecular weight is 367 g/mol. The second-order valence-electron chi connectivity index (χ2n) is 8.36. The summed E-state index contributed by atoms with van der Waals surface area (Å²) in [7, 11) is 0. The fourth-order valence-electron chi connectivity index (χ4n) is 4.25. The van der Waals surface area contributed by atoms with Gasteiger partial charge in [0.2, 0.25) is 11.8 Å². The van der Waals surface area contributed by atoms with Crippen LogP contribution in [-0.2, 0) is 14.3 Å². The molecular weight excluding hydrogens is 332 g/mol. The van der Waals surface area contributed by atoms with Crippen molar-refractivity contribution in [1.29, 1.82) is 0 Å². The zero-order valence-corrected chi connectivity index (χ0v) is 16.0. The quantitative estimate of drug-likeness (QED) is 0.749.